The lowest BCUT2D eigenvalue weighted by Gasteiger charge is -2.12. The van der Waals surface area contributed by atoms with Crippen LogP contribution < -0.4 is 14.8 Å². The minimum atomic E-state index is -4.55. The first-order valence-electron chi connectivity index (χ1n) is 12.3. The molecule has 2 atom stereocenters. The molecule has 41 heavy (non-hydrogen) atoms. The SMILES string of the molecule is COc1nc([C@@H](F)CF)ccc1-c1ccc2cnc(CNC(=O)c3cc(F)c4c(c3)S(=O)(=O)[C@@H](F)CCO4)cc2n1. The van der Waals surface area contributed by atoms with Crippen molar-refractivity contribution >= 4 is 26.6 Å². The summed E-state index contributed by atoms with van der Waals surface area (Å²) in [6, 6.07) is 9.58. The lowest BCUT2D eigenvalue weighted by atomic mass is 10.1. The van der Waals surface area contributed by atoms with Crippen molar-refractivity contribution in [2.45, 2.75) is 29.5 Å². The fourth-order valence-corrected chi connectivity index (χ4v) is 5.62. The third kappa shape index (κ3) is 5.51. The number of ether oxygens (including phenoxy) is 2. The summed E-state index contributed by atoms with van der Waals surface area (Å²) in [4.78, 5) is 24.9. The molecule has 0 bridgehead atoms. The van der Waals surface area contributed by atoms with Gasteiger partial charge in [-0.2, -0.15) is 0 Å². The van der Waals surface area contributed by atoms with Crippen LogP contribution in [-0.2, 0) is 16.4 Å². The Morgan fingerprint density at radius 2 is 2.00 bits per heavy atom. The average molecular weight is 591 g/mol. The minimum absolute atomic E-state index is 0.0615. The summed E-state index contributed by atoms with van der Waals surface area (Å²) < 4.78 is 90.6. The van der Waals surface area contributed by atoms with Crippen molar-refractivity contribution in [2.75, 3.05) is 20.4 Å². The van der Waals surface area contributed by atoms with E-state index in [2.05, 4.69) is 20.3 Å². The van der Waals surface area contributed by atoms with E-state index in [0.29, 0.717) is 27.9 Å². The van der Waals surface area contributed by atoms with Crippen LogP contribution in [0.25, 0.3) is 22.2 Å². The van der Waals surface area contributed by atoms with Gasteiger partial charge in [0.05, 0.1) is 48.4 Å². The Morgan fingerprint density at radius 3 is 2.76 bits per heavy atom. The Morgan fingerprint density at radius 1 is 1.20 bits per heavy atom. The highest BCUT2D eigenvalue weighted by Gasteiger charge is 2.35. The van der Waals surface area contributed by atoms with Crippen LogP contribution in [0.2, 0.25) is 0 Å². The second-order valence-corrected chi connectivity index (χ2v) is 11.1. The number of nitrogens with one attached hydrogen (secondary N) is 1. The molecular weight excluding hydrogens is 568 g/mol. The summed E-state index contributed by atoms with van der Waals surface area (Å²) >= 11 is 0. The van der Waals surface area contributed by atoms with Crippen LogP contribution in [0.5, 0.6) is 11.6 Å². The van der Waals surface area contributed by atoms with Crippen molar-refractivity contribution in [3.05, 3.63) is 71.4 Å². The van der Waals surface area contributed by atoms with Crippen molar-refractivity contribution in [3.63, 3.8) is 0 Å². The van der Waals surface area contributed by atoms with E-state index in [1.54, 1.807) is 18.2 Å². The minimum Gasteiger partial charge on any atom is -0.489 e. The number of fused-ring (bicyclic) bond motifs is 2. The lowest BCUT2D eigenvalue weighted by molar-refractivity contribution is 0.0949. The smallest absolute Gasteiger partial charge is 0.251 e. The highest BCUT2D eigenvalue weighted by Crippen LogP contribution is 2.35. The molecule has 3 aromatic heterocycles. The number of halogens is 4. The fraction of sp³-hybridized carbons (Fsp3) is 0.259. The van der Waals surface area contributed by atoms with Crippen LogP contribution >= 0.6 is 0 Å². The average Bonchev–Trinajstić information content (AvgIpc) is 3.09. The zero-order valence-electron chi connectivity index (χ0n) is 21.4. The number of rotatable bonds is 7. The summed E-state index contributed by atoms with van der Waals surface area (Å²) in [7, 11) is -3.20. The summed E-state index contributed by atoms with van der Waals surface area (Å²) in [5, 5.41) is 3.19. The Labute approximate surface area is 231 Å². The van der Waals surface area contributed by atoms with Gasteiger partial charge in [0.15, 0.2) is 17.7 Å². The number of aromatic nitrogens is 3. The van der Waals surface area contributed by atoms with Gasteiger partial charge in [-0.05, 0) is 42.5 Å². The maximum atomic E-state index is 14.6. The van der Waals surface area contributed by atoms with Crippen LogP contribution in [0.4, 0.5) is 17.6 Å². The number of nitrogens with zero attached hydrogens (tertiary/aromatic N) is 3. The monoisotopic (exact) mass is 590 g/mol. The van der Waals surface area contributed by atoms with E-state index in [1.807, 2.05) is 0 Å². The molecule has 214 valence electrons. The first-order chi connectivity index (χ1) is 19.6. The highest BCUT2D eigenvalue weighted by atomic mass is 32.2. The number of methoxy groups -OCH3 is 1. The number of hydrogen-bond acceptors (Lipinski definition) is 8. The molecule has 5 rings (SSSR count). The van der Waals surface area contributed by atoms with Gasteiger partial charge in [0.25, 0.3) is 5.91 Å². The molecule has 0 aliphatic carbocycles. The summed E-state index contributed by atoms with van der Waals surface area (Å²) in [6.45, 7) is -1.68. The number of hydrogen-bond donors (Lipinski definition) is 1. The molecule has 1 aliphatic rings. The number of pyridine rings is 3. The van der Waals surface area contributed by atoms with Crippen molar-refractivity contribution in [3.8, 4) is 22.9 Å². The van der Waals surface area contributed by atoms with Crippen molar-refractivity contribution in [1.29, 1.82) is 0 Å². The normalized spacial score (nSPS) is 16.8. The van der Waals surface area contributed by atoms with E-state index in [4.69, 9.17) is 9.47 Å². The molecule has 9 nitrogen and oxygen atoms in total. The molecule has 4 aromatic rings. The van der Waals surface area contributed by atoms with Crippen LogP contribution in [0.15, 0.2) is 53.6 Å². The van der Waals surface area contributed by atoms with Gasteiger partial charge in [-0.15, -0.1) is 0 Å². The second kappa shape index (κ2) is 11.3. The van der Waals surface area contributed by atoms with E-state index in [-0.39, 0.29) is 30.3 Å². The Balaban J connectivity index is 1.38. The maximum absolute atomic E-state index is 14.6. The lowest BCUT2D eigenvalue weighted by Crippen LogP contribution is -2.24. The molecule has 1 aliphatic heterocycles. The number of benzene rings is 1. The molecular formula is C27H22F4N4O5S. The molecule has 1 amide bonds. The number of carbonyl (C=O) groups is 1. The van der Waals surface area contributed by atoms with Gasteiger partial charge >= 0.3 is 0 Å². The van der Waals surface area contributed by atoms with Gasteiger partial charge in [-0.25, -0.2) is 35.9 Å². The third-order valence-corrected chi connectivity index (χ3v) is 8.20. The molecule has 4 heterocycles. The summed E-state index contributed by atoms with van der Waals surface area (Å²) in [5.41, 5.74) is -1.02. The zero-order chi connectivity index (χ0) is 29.3. The summed E-state index contributed by atoms with van der Waals surface area (Å²) in [5.74, 6) is -2.48. The number of sulfone groups is 1. The molecule has 0 unspecified atom stereocenters. The third-order valence-electron chi connectivity index (χ3n) is 6.37. The van der Waals surface area contributed by atoms with Gasteiger partial charge in [-0.1, -0.05) is 0 Å². The van der Waals surface area contributed by atoms with E-state index in [9.17, 15) is 30.8 Å². The Hall–Kier alpha value is -4.33. The largest absolute Gasteiger partial charge is 0.489 e. The molecule has 0 saturated carbocycles. The molecule has 0 radical (unpaired) electrons. The highest BCUT2D eigenvalue weighted by molar-refractivity contribution is 7.92. The van der Waals surface area contributed by atoms with E-state index >= 15 is 0 Å². The van der Waals surface area contributed by atoms with Gasteiger partial charge in [-0.3, -0.25) is 9.78 Å². The predicted molar refractivity (Wildman–Crippen MR) is 139 cm³/mol. The summed E-state index contributed by atoms with van der Waals surface area (Å²) in [6.07, 6.45) is -0.825. The number of carbonyl (C=O) groups excluding carboxylic acids is 1. The van der Waals surface area contributed by atoms with Gasteiger partial charge in [0.1, 0.15) is 11.6 Å². The molecule has 0 saturated heterocycles. The first kappa shape index (κ1) is 28.2. The zero-order valence-corrected chi connectivity index (χ0v) is 22.2. The topological polar surface area (TPSA) is 120 Å². The standard InChI is InChI=1S/C27H22F4N4O5S/c1-39-27-17(3-5-21(35-27)19(30)11-28)20-4-2-14-12-32-16(10-22(14)34-20)13-33-26(36)15-8-18(29)25-23(9-15)41(37,38)24(31)6-7-40-25/h2-5,8-10,12,19,24H,6-7,11,13H2,1H3,(H,33,36)/t19-,24+/m0/s1. The van der Waals surface area contributed by atoms with Crippen LogP contribution in [0.3, 0.4) is 0 Å². The van der Waals surface area contributed by atoms with Crippen LogP contribution in [0.1, 0.15) is 34.3 Å². The molecule has 0 fully saturated rings. The molecule has 14 heteroatoms. The van der Waals surface area contributed by atoms with Crippen LogP contribution in [-0.4, -0.2) is 55.2 Å². The van der Waals surface area contributed by atoms with Crippen molar-refractivity contribution in [2.24, 2.45) is 0 Å². The Bertz CT molecular complexity index is 1760. The quantitative estimate of drug-likeness (QED) is 0.310. The van der Waals surface area contributed by atoms with Crippen LogP contribution in [0, 0.1) is 5.82 Å². The van der Waals surface area contributed by atoms with Gasteiger partial charge in [0.2, 0.25) is 21.2 Å². The van der Waals surface area contributed by atoms with Gasteiger partial charge < -0.3 is 14.8 Å². The predicted octanol–water partition coefficient (Wildman–Crippen LogP) is 4.60. The van der Waals surface area contributed by atoms with E-state index < -0.39 is 57.0 Å². The van der Waals surface area contributed by atoms with E-state index in [1.165, 1.54) is 25.4 Å². The van der Waals surface area contributed by atoms with E-state index in [0.717, 1.165) is 12.1 Å². The van der Waals surface area contributed by atoms with Crippen molar-refractivity contribution < 1.29 is 40.2 Å². The fourth-order valence-electron chi connectivity index (χ4n) is 4.23. The Kier molecular flexibility index (Phi) is 7.76. The van der Waals surface area contributed by atoms with Gasteiger partial charge in [0, 0.05) is 23.6 Å². The van der Waals surface area contributed by atoms with Crippen molar-refractivity contribution in [1.82, 2.24) is 20.3 Å². The number of amides is 1. The number of alkyl halides is 3. The molecule has 1 N–H and O–H groups in total. The molecule has 0 spiro atoms. The second-order valence-electron chi connectivity index (χ2n) is 9.04. The first-order valence-corrected chi connectivity index (χ1v) is 13.8. The maximum Gasteiger partial charge on any atom is 0.251 e. The molecule has 1 aromatic carbocycles.